The van der Waals surface area contributed by atoms with Crippen molar-refractivity contribution in [2.75, 3.05) is 31.1 Å². The Morgan fingerprint density at radius 3 is 2.55 bits per heavy atom. The molecule has 3 rings (SSSR count). The molecule has 0 saturated carbocycles. The van der Waals surface area contributed by atoms with Gasteiger partial charge in [-0.05, 0) is 31.5 Å². The van der Waals surface area contributed by atoms with Gasteiger partial charge in [0.15, 0.2) is 0 Å². The lowest BCUT2D eigenvalue weighted by molar-refractivity contribution is -0.125. The van der Waals surface area contributed by atoms with Crippen molar-refractivity contribution < 1.29 is 9.59 Å². The van der Waals surface area contributed by atoms with Crippen LogP contribution < -0.4 is 15.5 Å². The van der Waals surface area contributed by atoms with Crippen molar-refractivity contribution in [3.63, 3.8) is 0 Å². The molecule has 5 nitrogen and oxygen atoms in total. The second-order valence-corrected chi connectivity index (χ2v) is 5.88. The number of piperazine rings is 1. The van der Waals surface area contributed by atoms with Crippen LogP contribution in [-0.4, -0.2) is 38.0 Å². The molecule has 2 amide bonds. The van der Waals surface area contributed by atoms with Crippen LogP contribution in [0, 0.1) is 0 Å². The van der Waals surface area contributed by atoms with E-state index < -0.39 is 5.41 Å². The fourth-order valence-corrected chi connectivity index (χ4v) is 2.83. The van der Waals surface area contributed by atoms with Crippen LogP contribution in [0.1, 0.15) is 29.8 Å². The molecule has 0 unspecified atom stereocenters. The zero-order valence-corrected chi connectivity index (χ0v) is 11.8. The lowest BCUT2D eigenvalue weighted by Gasteiger charge is -2.33. The van der Waals surface area contributed by atoms with Crippen molar-refractivity contribution in [1.29, 1.82) is 0 Å². The Morgan fingerprint density at radius 1 is 1.15 bits per heavy atom. The summed E-state index contributed by atoms with van der Waals surface area (Å²) >= 11 is 0. The minimum atomic E-state index is -0.661. The van der Waals surface area contributed by atoms with Crippen LogP contribution in [0.2, 0.25) is 0 Å². The summed E-state index contributed by atoms with van der Waals surface area (Å²) in [4.78, 5) is 26.2. The molecule has 20 heavy (non-hydrogen) atoms. The van der Waals surface area contributed by atoms with Gasteiger partial charge in [-0.2, -0.15) is 0 Å². The molecule has 106 valence electrons. The van der Waals surface area contributed by atoms with Gasteiger partial charge in [0.1, 0.15) is 0 Å². The van der Waals surface area contributed by atoms with E-state index in [1.165, 1.54) is 0 Å². The van der Waals surface area contributed by atoms with E-state index in [9.17, 15) is 9.59 Å². The van der Waals surface area contributed by atoms with E-state index in [0.717, 1.165) is 37.4 Å². The second kappa shape index (κ2) is 4.59. The standard InChI is InChI=1S/C15H19N3O2/c1-15(2)12-4-3-10(18-7-5-16-6-8-18)9-11(12)13(19)17-14(15)20/h3-4,9,16H,5-8H2,1-2H3,(H,17,19,20). The number of hydrogen-bond donors (Lipinski definition) is 2. The first-order valence-electron chi connectivity index (χ1n) is 6.96. The fraction of sp³-hybridized carbons (Fsp3) is 0.467. The van der Waals surface area contributed by atoms with Crippen molar-refractivity contribution in [2.45, 2.75) is 19.3 Å². The van der Waals surface area contributed by atoms with Gasteiger partial charge in [0.25, 0.3) is 5.91 Å². The van der Waals surface area contributed by atoms with E-state index in [4.69, 9.17) is 0 Å². The van der Waals surface area contributed by atoms with Crippen molar-refractivity contribution >= 4 is 17.5 Å². The summed E-state index contributed by atoms with van der Waals surface area (Å²) in [6.45, 7) is 7.46. The molecule has 1 saturated heterocycles. The van der Waals surface area contributed by atoms with Gasteiger partial charge in [-0.3, -0.25) is 14.9 Å². The Balaban J connectivity index is 2.02. The molecule has 0 aromatic heterocycles. The molecule has 1 aromatic carbocycles. The minimum absolute atomic E-state index is 0.232. The lowest BCUT2D eigenvalue weighted by atomic mass is 9.78. The molecule has 0 atom stereocenters. The number of fused-ring (bicyclic) bond motifs is 1. The van der Waals surface area contributed by atoms with Crippen molar-refractivity contribution in [3.05, 3.63) is 29.3 Å². The summed E-state index contributed by atoms with van der Waals surface area (Å²) in [5.74, 6) is -0.522. The summed E-state index contributed by atoms with van der Waals surface area (Å²) in [5.41, 5.74) is 1.81. The molecular weight excluding hydrogens is 254 g/mol. The van der Waals surface area contributed by atoms with Crippen LogP contribution in [-0.2, 0) is 10.2 Å². The molecule has 1 aromatic rings. The van der Waals surface area contributed by atoms with E-state index in [-0.39, 0.29) is 11.8 Å². The van der Waals surface area contributed by atoms with Gasteiger partial charge in [0.2, 0.25) is 5.91 Å². The van der Waals surface area contributed by atoms with Crippen LogP contribution in [0.25, 0.3) is 0 Å². The van der Waals surface area contributed by atoms with Crippen LogP contribution in [0.5, 0.6) is 0 Å². The number of hydrogen-bond acceptors (Lipinski definition) is 4. The summed E-state index contributed by atoms with van der Waals surface area (Å²) in [5, 5.41) is 5.76. The number of amides is 2. The molecular formula is C15H19N3O2. The van der Waals surface area contributed by atoms with Gasteiger partial charge in [-0.15, -0.1) is 0 Å². The van der Waals surface area contributed by atoms with Crippen molar-refractivity contribution in [3.8, 4) is 0 Å². The minimum Gasteiger partial charge on any atom is -0.369 e. The maximum Gasteiger partial charge on any atom is 0.258 e. The number of carbonyl (C=O) groups excluding carboxylic acids is 2. The van der Waals surface area contributed by atoms with E-state index >= 15 is 0 Å². The van der Waals surface area contributed by atoms with E-state index in [1.54, 1.807) is 0 Å². The highest BCUT2D eigenvalue weighted by Crippen LogP contribution is 2.33. The van der Waals surface area contributed by atoms with Crippen molar-refractivity contribution in [2.24, 2.45) is 0 Å². The highest BCUT2D eigenvalue weighted by atomic mass is 16.2. The molecule has 2 aliphatic rings. The van der Waals surface area contributed by atoms with Gasteiger partial charge in [-0.25, -0.2) is 0 Å². The Labute approximate surface area is 118 Å². The molecule has 0 radical (unpaired) electrons. The molecule has 0 bridgehead atoms. The summed E-state index contributed by atoms with van der Waals surface area (Å²) in [7, 11) is 0. The Bertz CT molecular complexity index is 574. The lowest BCUT2D eigenvalue weighted by Crippen LogP contribution is -2.49. The Morgan fingerprint density at radius 2 is 1.85 bits per heavy atom. The predicted molar refractivity (Wildman–Crippen MR) is 77.0 cm³/mol. The number of nitrogens with zero attached hydrogens (tertiary/aromatic N) is 1. The first kappa shape index (κ1) is 13.1. The average Bonchev–Trinajstić information content (AvgIpc) is 2.46. The number of benzene rings is 1. The van der Waals surface area contributed by atoms with Gasteiger partial charge < -0.3 is 10.2 Å². The third kappa shape index (κ3) is 1.98. The van der Waals surface area contributed by atoms with Crippen LogP contribution in [0.3, 0.4) is 0 Å². The summed E-state index contributed by atoms with van der Waals surface area (Å²) in [6, 6.07) is 5.84. The normalized spacial score (nSPS) is 21.4. The van der Waals surface area contributed by atoms with Gasteiger partial charge in [0.05, 0.1) is 5.41 Å². The SMILES string of the molecule is CC1(C)C(=O)NC(=O)c2cc(N3CCNCC3)ccc21. The summed E-state index contributed by atoms with van der Waals surface area (Å²) in [6.07, 6.45) is 0. The predicted octanol–water partition coefficient (Wildman–Crippen LogP) is 0.644. The van der Waals surface area contributed by atoms with Crippen LogP contribution >= 0.6 is 0 Å². The smallest absolute Gasteiger partial charge is 0.258 e. The van der Waals surface area contributed by atoms with Gasteiger partial charge in [-0.1, -0.05) is 6.07 Å². The fourth-order valence-electron chi connectivity index (χ4n) is 2.83. The molecule has 0 aliphatic carbocycles. The molecule has 1 fully saturated rings. The molecule has 2 heterocycles. The number of imide groups is 1. The molecule has 2 aliphatic heterocycles. The third-order valence-corrected chi connectivity index (χ3v) is 4.20. The maximum atomic E-state index is 12.1. The number of carbonyl (C=O) groups is 2. The third-order valence-electron chi connectivity index (χ3n) is 4.20. The van der Waals surface area contributed by atoms with Crippen LogP contribution in [0.15, 0.2) is 18.2 Å². The first-order valence-corrected chi connectivity index (χ1v) is 6.96. The number of nitrogens with one attached hydrogen (secondary N) is 2. The quantitative estimate of drug-likeness (QED) is 0.737. The van der Waals surface area contributed by atoms with E-state index in [1.807, 2.05) is 32.0 Å². The summed E-state index contributed by atoms with van der Waals surface area (Å²) < 4.78 is 0. The average molecular weight is 273 g/mol. The second-order valence-electron chi connectivity index (χ2n) is 5.88. The maximum absolute atomic E-state index is 12.1. The zero-order valence-electron chi connectivity index (χ0n) is 11.8. The molecule has 5 heteroatoms. The van der Waals surface area contributed by atoms with Gasteiger partial charge in [0, 0.05) is 37.4 Å². The highest BCUT2D eigenvalue weighted by Gasteiger charge is 2.39. The number of rotatable bonds is 1. The zero-order chi connectivity index (χ0) is 14.3. The largest absolute Gasteiger partial charge is 0.369 e. The van der Waals surface area contributed by atoms with E-state index in [0.29, 0.717) is 5.56 Å². The van der Waals surface area contributed by atoms with Gasteiger partial charge >= 0.3 is 0 Å². The van der Waals surface area contributed by atoms with Crippen molar-refractivity contribution in [1.82, 2.24) is 10.6 Å². The molecule has 0 spiro atoms. The first-order chi connectivity index (χ1) is 9.50. The Kier molecular flexibility index (Phi) is 3.01. The topological polar surface area (TPSA) is 61.4 Å². The van der Waals surface area contributed by atoms with Crippen LogP contribution in [0.4, 0.5) is 5.69 Å². The van der Waals surface area contributed by atoms with E-state index in [2.05, 4.69) is 15.5 Å². The molecule has 2 N–H and O–H groups in total. The highest BCUT2D eigenvalue weighted by molar-refractivity contribution is 6.13. The Hall–Kier alpha value is -1.88. The number of anilines is 1. The monoisotopic (exact) mass is 273 g/mol.